The van der Waals surface area contributed by atoms with Gasteiger partial charge in [-0.2, -0.15) is 8.42 Å². The lowest BCUT2D eigenvalue weighted by atomic mass is 10.2. The lowest BCUT2D eigenvalue weighted by Gasteiger charge is -2.04. The fraction of sp³-hybridized carbons (Fsp3) is 0.188. The zero-order valence-electron chi connectivity index (χ0n) is 12.5. The molecule has 0 unspecified atom stereocenters. The molecule has 0 aromatic heterocycles. The Morgan fingerprint density at radius 3 is 2.32 bits per heavy atom. The van der Waals surface area contributed by atoms with Crippen molar-refractivity contribution < 1.29 is 13.2 Å². The third kappa shape index (κ3) is 4.33. The van der Waals surface area contributed by atoms with Gasteiger partial charge in [-0.05, 0) is 50.2 Å². The van der Waals surface area contributed by atoms with Crippen LogP contribution in [-0.4, -0.2) is 21.4 Å². The third-order valence-corrected chi connectivity index (χ3v) is 4.16. The highest BCUT2D eigenvalue weighted by atomic mass is 32.2. The molecule has 2 aromatic carbocycles. The number of hydrogen-bond acceptors (Lipinski definition) is 3. The predicted octanol–water partition coefficient (Wildman–Crippen LogP) is 3.22. The number of anilines is 1. The molecule has 116 valence electrons. The van der Waals surface area contributed by atoms with Gasteiger partial charge in [-0.1, -0.05) is 17.7 Å². The Hall–Kier alpha value is -2.34. The van der Waals surface area contributed by atoms with Crippen molar-refractivity contribution in [1.29, 1.82) is 0 Å². The molecule has 0 atom stereocenters. The molecule has 0 amide bonds. The van der Waals surface area contributed by atoms with Crippen LogP contribution in [0.3, 0.4) is 0 Å². The van der Waals surface area contributed by atoms with Crippen LogP contribution in [0.2, 0.25) is 0 Å². The zero-order valence-corrected chi connectivity index (χ0v) is 13.3. The Bertz CT molecular complexity index is 736. The molecule has 0 radical (unpaired) electrons. The van der Waals surface area contributed by atoms with Crippen LogP contribution in [0, 0.1) is 6.92 Å². The third-order valence-electron chi connectivity index (χ3n) is 2.91. The van der Waals surface area contributed by atoms with Crippen molar-refractivity contribution in [2.75, 3.05) is 11.9 Å². The topological polar surface area (TPSA) is 67.8 Å². The molecule has 22 heavy (non-hydrogen) atoms. The number of hydrogen-bond donors (Lipinski definition) is 1. The van der Waals surface area contributed by atoms with Gasteiger partial charge in [-0.25, -0.2) is 0 Å². The molecule has 0 aliphatic rings. The van der Waals surface area contributed by atoms with Gasteiger partial charge >= 0.3 is 0 Å². The van der Waals surface area contributed by atoms with Crippen LogP contribution in [0.4, 0.5) is 5.69 Å². The number of sulfonamides is 1. The Morgan fingerprint density at radius 2 is 1.73 bits per heavy atom. The molecule has 0 aliphatic heterocycles. The lowest BCUT2D eigenvalue weighted by molar-refractivity contribution is 0.340. The van der Waals surface area contributed by atoms with Gasteiger partial charge in [0.2, 0.25) is 0 Å². The van der Waals surface area contributed by atoms with Crippen LogP contribution in [0.25, 0.3) is 0 Å². The van der Waals surface area contributed by atoms with Crippen LogP contribution in [0.15, 0.2) is 57.8 Å². The number of benzene rings is 2. The summed E-state index contributed by atoms with van der Waals surface area (Å²) in [5.41, 5.74) is 1.72. The first kappa shape index (κ1) is 16.0. The summed E-state index contributed by atoms with van der Waals surface area (Å²) in [4.78, 5) is 0.169. The SMILES string of the molecule is CCOc1ccc(NC=NS(=O)(=O)c2ccc(C)cc2)cc1. The summed E-state index contributed by atoms with van der Waals surface area (Å²) in [5.74, 6) is 0.761. The molecule has 6 heteroatoms. The fourth-order valence-corrected chi connectivity index (χ4v) is 2.55. The zero-order chi connectivity index (χ0) is 16.0. The van der Waals surface area contributed by atoms with Gasteiger partial charge in [0.15, 0.2) is 0 Å². The summed E-state index contributed by atoms with van der Waals surface area (Å²) >= 11 is 0. The molecular formula is C16H18N2O3S. The van der Waals surface area contributed by atoms with Gasteiger partial charge < -0.3 is 10.1 Å². The average Bonchev–Trinajstić information content (AvgIpc) is 2.50. The van der Waals surface area contributed by atoms with Crippen LogP contribution in [0.5, 0.6) is 5.75 Å². The minimum Gasteiger partial charge on any atom is -0.494 e. The molecule has 0 bridgehead atoms. The molecule has 1 N–H and O–H groups in total. The Morgan fingerprint density at radius 1 is 1.09 bits per heavy atom. The van der Waals surface area contributed by atoms with E-state index in [0.29, 0.717) is 6.61 Å². The first-order valence-corrected chi connectivity index (χ1v) is 8.30. The van der Waals surface area contributed by atoms with Crippen molar-refractivity contribution in [3.05, 3.63) is 54.1 Å². The van der Waals surface area contributed by atoms with Gasteiger partial charge in [-0.3, -0.25) is 0 Å². The van der Waals surface area contributed by atoms with E-state index < -0.39 is 10.0 Å². The molecule has 0 spiro atoms. The molecule has 0 saturated carbocycles. The number of aryl methyl sites for hydroxylation is 1. The van der Waals surface area contributed by atoms with E-state index in [1.807, 2.05) is 13.8 Å². The maximum atomic E-state index is 12.0. The highest BCUT2D eigenvalue weighted by Gasteiger charge is 2.10. The monoisotopic (exact) mass is 318 g/mol. The van der Waals surface area contributed by atoms with Crippen molar-refractivity contribution in [3.63, 3.8) is 0 Å². The molecule has 0 aliphatic carbocycles. The van der Waals surface area contributed by atoms with Crippen LogP contribution >= 0.6 is 0 Å². The Kier molecular flexibility index (Phi) is 5.16. The van der Waals surface area contributed by atoms with Crippen molar-refractivity contribution in [2.24, 2.45) is 4.40 Å². The molecule has 5 nitrogen and oxygen atoms in total. The maximum Gasteiger partial charge on any atom is 0.283 e. The Balaban J connectivity index is 2.03. The highest BCUT2D eigenvalue weighted by Crippen LogP contribution is 2.16. The predicted molar refractivity (Wildman–Crippen MR) is 88.1 cm³/mol. The second kappa shape index (κ2) is 7.09. The number of nitrogens with one attached hydrogen (secondary N) is 1. The van der Waals surface area contributed by atoms with Crippen LogP contribution in [0.1, 0.15) is 12.5 Å². The minimum absolute atomic E-state index is 0.169. The standard InChI is InChI=1S/C16H18N2O3S/c1-3-21-15-8-6-14(7-9-15)17-12-18-22(19,20)16-10-4-13(2)5-11-16/h4-12H,3H2,1-2H3,(H,17,18). The summed E-state index contributed by atoms with van der Waals surface area (Å²) in [5, 5.41) is 2.82. The van der Waals surface area contributed by atoms with Crippen molar-refractivity contribution in [1.82, 2.24) is 0 Å². The molecule has 0 fully saturated rings. The summed E-state index contributed by atoms with van der Waals surface area (Å²) in [7, 11) is -3.68. The first-order chi connectivity index (χ1) is 10.5. The van der Waals surface area contributed by atoms with E-state index in [-0.39, 0.29) is 4.90 Å². The largest absolute Gasteiger partial charge is 0.494 e. The minimum atomic E-state index is -3.68. The van der Waals surface area contributed by atoms with Gasteiger partial charge in [-0.15, -0.1) is 4.40 Å². The normalized spacial score (nSPS) is 11.5. The molecule has 2 rings (SSSR count). The van der Waals surface area contributed by atoms with Crippen molar-refractivity contribution >= 4 is 22.0 Å². The van der Waals surface area contributed by atoms with Gasteiger partial charge in [0.25, 0.3) is 10.0 Å². The number of ether oxygens (including phenoxy) is 1. The fourth-order valence-electron chi connectivity index (χ4n) is 1.76. The summed E-state index contributed by atoms with van der Waals surface area (Å²) in [6.45, 7) is 4.41. The lowest BCUT2D eigenvalue weighted by Crippen LogP contribution is -2.02. The molecule has 0 saturated heterocycles. The molecule has 0 heterocycles. The van der Waals surface area contributed by atoms with E-state index in [4.69, 9.17) is 4.74 Å². The quantitative estimate of drug-likeness (QED) is 0.656. The summed E-state index contributed by atoms with van der Waals surface area (Å²) in [6, 6.07) is 13.7. The van der Waals surface area contributed by atoms with E-state index in [9.17, 15) is 8.42 Å². The highest BCUT2D eigenvalue weighted by molar-refractivity contribution is 7.90. The second-order valence-electron chi connectivity index (χ2n) is 4.62. The van der Waals surface area contributed by atoms with Crippen molar-refractivity contribution in [2.45, 2.75) is 18.7 Å². The molecule has 2 aromatic rings. The van der Waals surface area contributed by atoms with E-state index in [1.54, 1.807) is 48.5 Å². The van der Waals surface area contributed by atoms with E-state index in [2.05, 4.69) is 9.71 Å². The van der Waals surface area contributed by atoms with Gasteiger partial charge in [0.05, 0.1) is 11.5 Å². The van der Waals surface area contributed by atoms with E-state index in [0.717, 1.165) is 17.0 Å². The second-order valence-corrected chi connectivity index (χ2v) is 6.26. The van der Waals surface area contributed by atoms with Crippen molar-refractivity contribution in [3.8, 4) is 5.75 Å². The summed E-state index contributed by atoms with van der Waals surface area (Å²) < 4.78 is 33.0. The maximum absolute atomic E-state index is 12.0. The Labute approximate surface area is 130 Å². The van der Waals surface area contributed by atoms with Crippen LogP contribution < -0.4 is 10.1 Å². The number of rotatable bonds is 6. The summed E-state index contributed by atoms with van der Waals surface area (Å²) in [6.07, 6.45) is 1.17. The van der Waals surface area contributed by atoms with Gasteiger partial charge in [0.1, 0.15) is 12.1 Å². The van der Waals surface area contributed by atoms with E-state index in [1.165, 1.54) is 6.34 Å². The molecular weight excluding hydrogens is 300 g/mol. The average molecular weight is 318 g/mol. The van der Waals surface area contributed by atoms with E-state index >= 15 is 0 Å². The van der Waals surface area contributed by atoms with Crippen LogP contribution in [-0.2, 0) is 10.0 Å². The van der Waals surface area contributed by atoms with Gasteiger partial charge in [0, 0.05) is 5.69 Å². The first-order valence-electron chi connectivity index (χ1n) is 6.86. The smallest absolute Gasteiger partial charge is 0.283 e. The number of nitrogens with zero attached hydrogens (tertiary/aromatic N) is 1.